The van der Waals surface area contributed by atoms with Crippen LogP contribution < -0.4 is 10.1 Å². The molecule has 3 aromatic rings. The number of nitrogens with one attached hydrogen (secondary N) is 1. The number of anilines is 1. The van der Waals surface area contributed by atoms with E-state index in [0.717, 1.165) is 35.4 Å². The highest BCUT2D eigenvalue weighted by Gasteiger charge is 2.11. The fraction of sp³-hybridized carbons (Fsp3) is 0.160. The molecule has 1 N–H and O–H groups in total. The van der Waals surface area contributed by atoms with Crippen molar-refractivity contribution in [3.63, 3.8) is 0 Å². The van der Waals surface area contributed by atoms with E-state index in [-0.39, 0.29) is 12.3 Å². The van der Waals surface area contributed by atoms with Gasteiger partial charge in [-0.15, -0.1) is 0 Å². The Bertz CT molecular complexity index is 1020. The molecule has 0 spiro atoms. The highest BCUT2D eigenvalue weighted by atomic mass is 16.5. The number of rotatable bonds is 5. The van der Waals surface area contributed by atoms with E-state index in [1.54, 1.807) is 7.11 Å². The van der Waals surface area contributed by atoms with Crippen LogP contribution in [-0.2, 0) is 17.6 Å². The van der Waals surface area contributed by atoms with Crippen molar-refractivity contribution in [1.29, 1.82) is 0 Å². The maximum atomic E-state index is 12.4. The summed E-state index contributed by atoms with van der Waals surface area (Å²) in [6.45, 7) is 0. The molecule has 0 unspecified atom stereocenters. The van der Waals surface area contributed by atoms with Crippen molar-refractivity contribution in [1.82, 2.24) is 0 Å². The molecule has 0 heterocycles. The Morgan fingerprint density at radius 1 is 1.00 bits per heavy atom. The van der Waals surface area contributed by atoms with Gasteiger partial charge in [-0.25, -0.2) is 0 Å². The van der Waals surface area contributed by atoms with Crippen LogP contribution in [0.4, 0.5) is 5.69 Å². The summed E-state index contributed by atoms with van der Waals surface area (Å²) < 4.78 is 5.32. The molecule has 0 atom stereocenters. The van der Waals surface area contributed by atoms with Crippen LogP contribution in [0.1, 0.15) is 23.1 Å². The van der Waals surface area contributed by atoms with E-state index < -0.39 is 0 Å². The number of hydrogen-bond donors (Lipinski definition) is 1. The average molecular weight is 369 g/mol. The molecule has 28 heavy (non-hydrogen) atoms. The quantitative estimate of drug-likeness (QED) is 0.645. The molecule has 0 radical (unpaired) electrons. The number of amides is 1. The van der Waals surface area contributed by atoms with Crippen LogP contribution in [0.25, 0.3) is 17.2 Å². The third-order valence-corrected chi connectivity index (χ3v) is 5.08. The van der Waals surface area contributed by atoms with Gasteiger partial charge in [-0.2, -0.15) is 0 Å². The number of methoxy groups -OCH3 is 1. The van der Waals surface area contributed by atoms with E-state index in [0.29, 0.717) is 0 Å². The highest BCUT2D eigenvalue weighted by molar-refractivity contribution is 5.93. The zero-order chi connectivity index (χ0) is 19.3. The van der Waals surface area contributed by atoms with Gasteiger partial charge in [-0.1, -0.05) is 60.7 Å². The van der Waals surface area contributed by atoms with E-state index in [9.17, 15) is 4.79 Å². The van der Waals surface area contributed by atoms with Crippen molar-refractivity contribution >= 4 is 17.7 Å². The van der Waals surface area contributed by atoms with Crippen molar-refractivity contribution in [2.75, 3.05) is 12.4 Å². The van der Waals surface area contributed by atoms with E-state index in [1.807, 2.05) is 36.4 Å². The number of carbonyl (C=O) groups is 1. The first-order chi connectivity index (χ1) is 13.7. The zero-order valence-corrected chi connectivity index (χ0v) is 15.9. The van der Waals surface area contributed by atoms with Crippen LogP contribution in [0.5, 0.6) is 5.75 Å². The van der Waals surface area contributed by atoms with Crippen molar-refractivity contribution in [2.24, 2.45) is 0 Å². The first kappa shape index (κ1) is 18.1. The van der Waals surface area contributed by atoms with Crippen LogP contribution in [0.2, 0.25) is 0 Å². The number of ether oxygens (including phenoxy) is 1. The minimum Gasteiger partial charge on any atom is -0.496 e. The molecule has 0 saturated heterocycles. The largest absolute Gasteiger partial charge is 0.496 e. The smallest absolute Gasteiger partial charge is 0.228 e. The van der Waals surface area contributed by atoms with Crippen LogP contribution in [0.15, 0.2) is 72.8 Å². The molecule has 0 saturated carbocycles. The standard InChI is InChI=1S/C25H23NO2/c1-28-24-12-5-3-8-20(24)17-25(27)26-21-15-13-19(14-16-21)23-11-6-9-18-7-2-4-10-22(18)23/h3-6,8-16H,2,7,17H2,1H3,(H,26,27). The van der Waals surface area contributed by atoms with Gasteiger partial charge in [0.1, 0.15) is 5.75 Å². The lowest BCUT2D eigenvalue weighted by molar-refractivity contribution is -0.115. The average Bonchev–Trinajstić information content (AvgIpc) is 2.74. The number of fused-ring (bicyclic) bond motifs is 1. The summed E-state index contributed by atoms with van der Waals surface area (Å²) in [5, 5.41) is 2.97. The van der Waals surface area contributed by atoms with E-state index in [4.69, 9.17) is 4.74 Å². The molecule has 4 rings (SSSR count). The van der Waals surface area contributed by atoms with Gasteiger partial charge < -0.3 is 10.1 Å². The summed E-state index contributed by atoms with van der Waals surface area (Å²) in [6.07, 6.45) is 6.93. The molecule has 3 aromatic carbocycles. The molecular weight excluding hydrogens is 346 g/mol. The summed E-state index contributed by atoms with van der Waals surface area (Å²) in [6, 6.07) is 22.1. The second-order valence-electron chi connectivity index (χ2n) is 6.93. The summed E-state index contributed by atoms with van der Waals surface area (Å²) in [5.74, 6) is 0.673. The zero-order valence-electron chi connectivity index (χ0n) is 15.9. The number of hydrogen-bond acceptors (Lipinski definition) is 2. The van der Waals surface area contributed by atoms with Gasteiger partial charge >= 0.3 is 0 Å². The fourth-order valence-corrected chi connectivity index (χ4v) is 3.68. The Hall–Kier alpha value is -3.33. The van der Waals surface area contributed by atoms with Crippen LogP contribution in [-0.4, -0.2) is 13.0 Å². The van der Waals surface area contributed by atoms with Gasteiger partial charge in [0.15, 0.2) is 0 Å². The van der Waals surface area contributed by atoms with E-state index in [1.165, 1.54) is 16.7 Å². The second kappa shape index (κ2) is 8.13. The predicted molar refractivity (Wildman–Crippen MR) is 115 cm³/mol. The molecule has 140 valence electrons. The second-order valence-corrected chi connectivity index (χ2v) is 6.93. The minimum absolute atomic E-state index is 0.0581. The maximum Gasteiger partial charge on any atom is 0.228 e. The molecule has 1 aliphatic rings. The molecule has 0 fully saturated rings. The van der Waals surface area contributed by atoms with Crippen molar-refractivity contribution in [2.45, 2.75) is 19.3 Å². The van der Waals surface area contributed by atoms with Gasteiger partial charge in [-0.05, 0) is 53.3 Å². The summed E-state index contributed by atoms with van der Waals surface area (Å²) in [5.41, 5.74) is 6.77. The fourth-order valence-electron chi connectivity index (χ4n) is 3.68. The van der Waals surface area contributed by atoms with Gasteiger partial charge in [0.2, 0.25) is 5.91 Å². The Morgan fingerprint density at radius 3 is 2.64 bits per heavy atom. The SMILES string of the molecule is COc1ccccc1CC(=O)Nc1ccc(-c2cccc3c2C=CCC3)cc1. The molecule has 1 aliphatic carbocycles. The van der Waals surface area contributed by atoms with Gasteiger partial charge in [0.05, 0.1) is 13.5 Å². The van der Waals surface area contributed by atoms with Gasteiger partial charge in [0.25, 0.3) is 0 Å². The van der Waals surface area contributed by atoms with Crippen molar-refractivity contribution in [3.8, 4) is 16.9 Å². The Morgan fingerprint density at radius 2 is 1.82 bits per heavy atom. The lowest BCUT2D eigenvalue weighted by Crippen LogP contribution is -2.14. The van der Waals surface area contributed by atoms with E-state index in [2.05, 4.69) is 47.8 Å². The predicted octanol–water partition coefficient (Wildman–Crippen LogP) is 5.50. The summed E-state index contributed by atoms with van der Waals surface area (Å²) in [7, 11) is 1.62. The minimum atomic E-state index is -0.0581. The topological polar surface area (TPSA) is 38.3 Å². The van der Waals surface area contributed by atoms with Crippen LogP contribution in [0, 0.1) is 0 Å². The Labute approximate surface area is 165 Å². The molecular formula is C25H23NO2. The lowest BCUT2D eigenvalue weighted by atomic mass is 9.90. The third kappa shape index (κ3) is 3.84. The normalized spacial score (nSPS) is 12.3. The number of para-hydroxylation sites is 1. The number of benzene rings is 3. The van der Waals surface area contributed by atoms with Crippen molar-refractivity contribution < 1.29 is 9.53 Å². The van der Waals surface area contributed by atoms with Crippen LogP contribution in [0.3, 0.4) is 0 Å². The molecule has 3 heteroatoms. The monoisotopic (exact) mass is 369 g/mol. The Kier molecular flexibility index (Phi) is 5.24. The summed E-state index contributed by atoms with van der Waals surface area (Å²) in [4.78, 5) is 12.4. The van der Waals surface area contributed by atoms with Crippen molar-refractivity contribution in [3.05, 3.63) is 89.5 Å². The molecule has 1 amide bonds. The third-order valence-electron chi connectivity index (χ3n) is 5.08. The first-order valence-electron chi connectivity index (χ1n) is 9.55. The van der Waals surface area contributed by atoms with Crippen LogP contribution >= 0.6 is 0 Å². The molecule has 3 nitrogen and oxygen atoms in total. The van der Waals surface area contributed by atoms with Gasteiger partial charge in [-0.3, -0.25) is 4.79 Å². The van der Waals surface area contributed by atoms with Gasteiger partial charge in [0, 0.05) is 11.3 Å². The highest BCUT2D eigenvalue weighted by Crippen LogP contribution is 2.31. The Balaban J connectivity index is 1.49. The summed E-state index contributed by atoms with van der Waals surface area (Å²) >= 11 is 0. The van der Waals surface area contributed by atoms with E-state index >= 15 is 0 Å². The number of carbonyl (C=O) groups excluding carboxylic acids is 1. The first-order valence-corrected chi connectivity index (χ1v) is 9.55. The molecule has 0 aromatic heterocycles. The molecule has 0 aliphatic heterocycles. The number of aryl methyl sites for hydroxylation is 1. The maximum absolute atomic E-state index is 12.4. The molecule has 0 bridgehead atoms. The lowest BCUT2D eigenvalue weighted by Gasteiger charge is -2.15. The number of allylic oxidation sites excluding steroid dienone is 1.